The molecule has 2 amide bonds. The molecule has 3 N–H and O–H groups in total. The molecule has 13 heteroatoms. The molecule has 2 aromatic carbocycles. The number of carboxylic acid groups (broad SMARTS) is 1. The number of nitrogens with zero attached hydrogens (tertiary/aromatic N) is 3. The molecule has 0 radical (unpaired) electrons. The Morgan fingerprint density at radius 1 is 1.22 bits per heavy atom. The summed E-state index contributed by atoms with van der Waals surface area (Å²) in [6.45, 7) is 3.23. The van der Waals surface area contributed by atoms with Crippen molar-refractivity contribution in [2.75, 3.05) is 25.0 Å². The summed E-state index contributed by atoms with van der Waals surface area (Å²) in [5.41, 5.74) is 1.26. The molecule has 1 unspecified atom stereocenters. The van der Waals surface area contributed by atoms with Crippen LogP contribution < -0.4 is 5.32 Å². The minimum atomic E-state index is -1.22. The maximum atomic E-state index is 13.3. The van der Waals surface area contributed by atoms with E-state index in [0.29, 0.717) is 29.3 Å². The molecule has 4 atom stereocenters. The first kappa shape index (κ1) is 29.1. The number of thioether (sulfide) groups is 2. The van der Waals surface area contributed by atoms with Gasteiger partial charge >= 0.3 is 5.97 Å². The predicted octanol–water partition coefficient (Wildman–Crippen LogP) is 3.51. The standard InChI is InChI=1S/C28H30N4O7S2/c1-2-21(33)23-25(35)31-24(26(36)37)27(41-28(23,31)14-17-8-10-19(11-9-17)32(38)39)40-20-12-13-30(15-20)16-22(34)29-18-6-4-3-5-7-18/h3-11,20-21,23,33H,2,12-16H2,1H3,(H,29,34)(H,36,37)/t20?,21-,23+,28+/m0/s1. The Bertz CT molecular complexity index is 1390. The monoisotopic (exact) mass is 598 g/mol. The van der Waals surface area contributed by atoms with Gasteiger partial charge in [-0.3, -0.25) is 29.5 Å². The molecule has 2 saturated heterocycles. The molecular weight excluding hydrogens is 568 g/mol. The van der Waals surface area contributed by atoms with E-state index in [1.165, 1.54) is 40.6 Å². The number of carboxylic acids is 1. The van der Waals surface area contributed by atoms with Gasteiger partial charge in [-0.1, -0.05) is 49.0 Å². The van der Waals surface area contributed by atoms with Crippen LogP contribution >= 0.6 is 23.5 Å². The number of fused-ring (bicyclic) bond motifs is 1. The number of likely N-dealkylation sites (tertiary alicyclic amines) is 1. The summed E-state index contributed by atoms with van der Waals surface area (Å²) in [6.07, 6.45) is 0.319. The Morgan fingerprint density at radius 2 is 1.93 bits per heavy atom. The average molecular weight is 599 g/mol. The van der Waals surface area contributed by atoms with Crippen LogP contribution in [0.5, 0.6) is 0 Å². The molecule has 216 valence electrons. The van der Waals surface area contributed by atoms with E-state index in [-0.39, 0.29) is 35.5 Å². The number of nitro benzene ring substituents is 1. The normalized spacial score (nSPS) is 24.6. The number of nitrogens with one attached hydrogen (secondary N) is 1. The summed E-state index contributed by atoms with van der Waals surface area (Å²) < 4.78 is 0.499. The van der Waals surface area contributed by atoms with Crippen molar-refractivity contribution in [1.29, 1.82) is 0 Å². The van der Waals surface area contributed by atoms with E-state index in [1.807, 2.05) is 35.2 Å². The number of hydrogen-bond acceptors (Lipinski definition) is 9. The zero-order valence-corrected chi connectivity index (χ0v) is 23.9. The second kappa shape index (κ2) is 11.8. The Kier molecular flexibility index (Phi) is 8.41. The number of nitro groups is 1. The number of aliphatic hydroxyl groups is 1. The van der Waals surface area contributed by atoms with E-state index in [0.717, 1.165) is 12.1 Å². The van der Waals surface area contributed by atoms with Crippen LogP contribution in [0.25, 0.3) is 0 Å². The lowest BCUT2D eigenvalue weighted by Crippen LogP contribution is -2.71. The molecule has 0 bridgehead atoms. The molecule has 0 spiro atoms. The molecule has 3 aliphatic rings. The summed E-state index contributed by atoms with van der Waals surface area (Å²) in [6, 6.07) is 15.2. The molecule has 0 aliphatic carbocycles. The van der Waals surface area contributed by atoms with E-state index < -0.39 is 33.7 Å². The summed E-state index contributed by atoms with van der Waals surface area (Å²) >= 11 is 2.68. The minimum Gasteiger partial charge on any atom is -0.477 e. The lowest BCUT2D eigenvalue weighted by molar-refractivity contribution is -0.384. The van der Waals surface area contributed by atoms with Gasteiger partial charge in [-0.2, -0.15) is 0 Å². The maximum absolute atomic E-state index is 13.3. The molecule has 5 rings (SSSR count). The van der Waals surface area contributed by atoms with Crippen molar-refractivity contribution >= 4 is 52.7 Å². The first-order valence-electron chi connectivity index (χ1n) is 13.3. The van der Waals surface area contributed by atoms with Gasteiger partial charge in [0.15, 0.2) is 5.70 Å². The number of β-lactam (4-membered cyclic amide) rings is 1. The lowest BCUT2D eigenvalue weighted by Gasteiger charge is -2.54. The number of hydrogen-bond donors (Lipinski definition) is 3. The molecule has 3 aliphatic heterocycles. The van der Waals surface area contributed by atoms with E-state index in [1.54, 1.807) is 19.1 Å². The van der Waals surface area contributed by atoms with Crippen LogP contribution in [-0.4, -0.2) is 78.6 Å². The van der Waals surface area contributed by atoms with Crippen LogP contribution in [0.3, 0.4) is 0 Å². The minimum absolute atomic E-state index is 0.0103. The molecule has 11 nitrogen and oxygen atoms in total. The van der Waals surface area contributed by atoms with Crippen molar-refractivity contribution in [3.63, 3.8) is 0 Å². The van der Waals surface area contributed by atoms with Gasteiger partial charge in [-0.25, -0.2) is 4.79 Å². The highest BCUT2D eigenvalue weighted by Gasteiger charge is 2.68. The second-order valence-electron chi connectivity index (χ2n) is 10.3. The van der Waals surface area contributed by atoms with Gasteiger partial charge in [-0.15, -0.1) is 11.8 Å². The summed E-state index contributed by atoms with van der Waals surface area (Å²) in [5.74, 6) is -2.61. The van der Waals surface area contributed by atoms with Crippen LogP contribution in [0.2, 0.25) is 0 Å². The summed E-state index contributed by atoms with van der Waals surface area (Å²) in [4.78, 5) is 51.2. The number of anilines is 1. The fraction of sp³-hybridized carbons (Fsp3) is 0.393. The Balaban J connectivity index is 1.32. The molecule has 2 aromatic rings. The third-order valence-electron chi connectivity index (χ3n) is 7.58. The Labute approximate surface area is 245 Å². The molecule has 2 fully saturated rings. The third kappa shape index (κ3) is 5.71. The third-order valence-corrected chi connectivity index (χ3v) is 10.6. The molecule has 41 heavy (non-hydrogen) atoms. The maximum Gasteiger partial charge on any atom is 0.354 e. The molecule has 3 heterocycles. The highest BCUT2D eigenvalue weighted by Crippen LogP contribution is 2.63. The Hall–Kier alpha value is -3.39. The molecule has 0 aromatic heterocycles. The first-order chi connectivity index (χ1) is 19.6. The number of para-hydroxylation sites is 1. The number of carbonyl (C=O) groups excluding carboxylic acids is 2. The fourth-order valence-electron chi connectivity index (χ4n) is 5.63. The second-order valence-corrected chi connectivity index (χ2v) is 13.2. The topological polar surface area (TPSA) is 153 Å². The van der Waals surface area contributed by atoms with E-state index in [2.05, 4.69) is 5.32 Å². The Morgan fingerprint density at radius 3 is 2.56 bits per heavy atom. The number of aliphatic hydroxyl groups excluding tert-OH is 1. The van der Waals surface area contributed by atoms with Crippen molar-refractivity contribution in [1.82, 2.24) is 9.80 Å². The quantitative estimate of drug-likeness (QED) is 0.199. The van der Waals surface area contributed by atoms with Gasteiger partial charge in [0, 0.05) is 36.0 Å². The van der Waals surface area contributed by atoms with Crippen LogP contribution in [-0.2, 0) is 20.8 Å². The smallest absolute Gasteiger partial charge is 0.354 e. The summed E-state index contributed by atoms with van der Waals surface area (Å²) in [7, 11) is 0. The van der Waals surface area contributed by atoms with Crippen LogP contribution in [0.1, 0.15) is 25.3 Å². The number of aliphatic carboxylic acids is 1. The van der Waals surface area contributed by atoms with E-state index in [4.69, 9.17) is 0 Å². The first-order valence-corrected chi connectivity index (χ1v) is 15.0. The zero-order valence-electron chi connectivity index (χ0n) is 22.3. The van der Waals surface area contributed by atoms with Gasteiger partial charge in [0.25, 0.3) is 5.69 Å². The fourth-order valence-corrected chi connectivity index (χ4v) is 9.26. The highest BCUT2D eigenvalue weighted by atomic mass is 32.2. The predicted molar refractivity (Wildman–Crippen MR) is 156 cm³/mol. The molecular formula is C28H30N4O7S2. The number of rotatable bonds is 11. The van der Waals surface area contributed by atoms with Crippen LogP contribution in [0.15, 0.2) is 64.5 Å². The highest BCUT2D eigenvalue weighted by molar-refractivity contribution is 8.23. The molecule has 0 saturated carbocycles. The SMILES string of the molecule is CC[C@H](O)[C@@H]1C(=O)N2C(C(=O)O)=C(SC3CCN(CC(=O)Nc4ccccc4)C3)S[C@]12Cc1ccc([N+](=O)[O-])cc1. The average Bonchev–Trinajstić information content (AvgIpc) is 3.49. The van der Waals surface area contributed by atoms with E-state index in [9.17, 15) is 34.7 Å². The lowest BCUT2D eigenvalue weighted by atomic mass is 9.77. The van der Waals surface area contributed by atoms with Gasteiger partial charge in [0.05, 0.1) is 27.7 Å². The van der Waals surface area contributed by atoms with Crippen molar-refractivity contribution in [3.05, 3.63) is 80.2 Å². The van der Waals surface area contributed by atoms with Gasteiger partial charge in [0.1, 0.15) is 4.87 Å². The van der Waals surface area contributed by atoms with Crippen LogP contribution in [0.4, 0.5) is 11.4 Å². The zero-order chi connectivity index (χ0) is 29.3. The number of benzene rings is 2. The van der Waals surface area contributed by atoms with Crippen LogP contribution in [0, 0.1) is 16.0 Å². The van der Waals surface area contributed by atoms with Crippen molar-refractivity contribution in [3.8, 4) is 0 Å². The number of non-ortho nitro benzene ring substituents is 1. The van der Waals surface area contributed by atoms with Gasteiger partial charge in [-0.05, 0) is 37.1 Å². The van der Waals surface area contributed by atoms with Gasteiger partial charge < -0.3 is 15.5 Å². The van der Waals surface area contributed by atoms with Crippen molar-refractivity contribution < 1.29 is 29.5 Å². The summed E-state index contributed by atoms with van der Waals surface area (Å²) in [5, 5.41) is 35.0. The van der Waals surface area contributed by atoms with E-state index >= 15 is 0 Å². The van der Waals surface area contributed by atoms with Gasteiger partial charge in [0.2, 0.25) is 11.8 Å². The van der Waals surface area contributed by atoms with Crippen molar-refractivity contribution in [2.45, 2.75) is 42.4 Å². The number of carbonyl (C=O) groups is 3. The van der Waals surface area contributed by atoms with Crippen molar-refractivity contribution in [2.24, 2.45) is 5.92 Å². The largest absolute Gasteiger partial charge is 0.477 e. The number of amides is 2.